The molecule has 0 heterocycles. The Kier molecular flexibility index (Phi) is 4.31. The molecule has 4 heteroatoms. The molecule has 0 aliphatic heterocycles. The van der Waals surface area contributed by atoms with Crippen molar-refractivity contribution in [2.75, 3.05) is 13.7 Å². The van der Waals surface area contributed by atoms with E-state index < -0.39 is 5.72 Å². The number of hydrogen-bond acceptors (Lipinski definition) is 4. The Bertz CT molecular complexity index is 166. The van der Waals surface area contributed by atoms with E-state index in [2.05, 4.69) is 5.32 Å². The maximum Gasteiger partial charge on any atom is 0.136 e. The Labute approximate surface area is 85.8 Å². The second-order valence-electron chi connectivity index (χ2n) is 4.46. The normalized spacial score (nSPS) is 32.6. The largest absolute Gasteiger partial charge is 0.380 e. The number of ether oxygens (including phenoxy) is 1. The summed E-state index contributed by atoms with van der Waals surface area (Å²) in [6.45, 7) is 2.06. The van der Waals surface area contributed by atoms with Crippen molar-refractivity contribution in [2.24, 2.45) is 5.73 Å². The van der Waals surface area contributed by atoms with E-state index in [-0.39, 0.29) is 0 Å². The molecule has 1 aliphatic carbocycles. The molecule has 0 bridgehead atoms. The Hall–Kier alpha value is -0.160. The van der Waals surface area contributed by atoms with Gasteiger partial charge in [-0.05, 0) is 32.6 Å². The quantitative estimate of drug-likeness (QED) is 0.570. The summed E-state index contributed by atoms with van der Waals surface area (Å²) in [5.41, 5.74) is 4.89. The van der Waals surface area contributed by atoms with E-state index in [9.17, 15) is 5.11 Å². The van der Waals surface area contributed by atoms with Crippen LogP contribution in [0.4, 0.5) is 0 Å². The van der Waals surface area contributed by atoms with Gasteiger partial charge in [0, 0.05) is 19.2 Å². The number of hydrogen-bond donors (Lipinski definition) is 3. The van der Waals surface area contributed by atoms with E-state index >= 15 is 0 Å². The van der Waals surface area contributed by atoms with Crippen molar-refractivity contribution in [1.29, 1.82) is 0 Å². The fourth-order valence-corrected chi connectivity index (χ4v) is 2.03. The van der Waals surface area contributed by atoms with Crippen LogP contribution in [0.1, 0.15) is 32.6 Å². The molecule has 0 spiro atoms. The SMILES string of the molecule is COCC(C)(O)NC1CCC(N)CC1. The van der Waals surface area contributed by atoms with Crippen LogP contribution in [-0.4, -0.2) is 36.6 Å². The minimum atomic E-state index is -0.916. The predicted octanol–water partition coefficient (Wildman–Crippen LogP) is 0.201. The first-order chi connectivity index (χ1) is 6.53. The lowest BCUT2D eigenvalue weighted by molar-refractivity contribution is -0.0530. The van der Waals surface area contributed by atoms with Gasteiger partial charge < -0.3 is 15.6 Å². The molecule has 1 unspecified atom stereocenters. The van der Waals surface area contributed by atoms with Gasteiger partial charge >= 0.3 is 0 Å². The lowest BCUT2D eigenvalue weighted by Crippen LogP contribution is -2.52. The third kappa shape index (κ3) is 3.92. The zero-order valence-corrected chi connectivity index (χ0v) is 9.12. The van der Waals surface area contributed by atoms with Gasteiger partial charge in [0.05, 0.1) is 6.61 Å². The van der Waals surface area contributed by atoms with Crippen LogP contribution in [0.2, 0.25) is 0 Å². The lowest BCUT2D eigenvalue weighted by atomic mass is 9.91. The molecule has 14 heavy (non-hydrogen) atoms. The minimum absolute atomic E-state index is 0.315. The van der Waals surface area contributed by atoms with Gasteiger partial charge in [0.25, 0.3) is 0 Å². The van der Waals surface area contributed by atoms with E-state index in [4.69, 9.17) is 10.5 Å². The average molecular weight is 202 g/mol. The fourth-order valence-electron chi connectivity index (χ4n) is 2.03. The molecule has 1 fully saturated rings. The highest BCUT2D eigenvalue weighted by atomic mass is 16.5. The first kappa shape index (κ1) is 11.9. The van der Waals surface area contributed by atoms with Crippen molar-refractivity contribution < 1.29 is 9.84 Å². The second kappa shape index (κ2) is 5.07. The first-order valence-corrected chi connectivity index (χ1v) is 5.28. The van der Waals surface area contributed by atoms with Gasteiger partial charge in [0.15, 0.2) is 0 Å². The first-order valence-electron chi connectivity index (χ1n) is 5.28. The van der Waals surface area contributed by atoms with Crippen LogP contribution in [0.15, 0.2) is 0 Å². The molecule has 4 N–H and O–H groups in total. The molecule has 0 aromatic carbocycles. The molecule has 84 valence electrons. The summed E-state index contributed by atoms with van der Waals surface area (Å²) in [6, 6.07) is 0.723. The van der Waals surface area contributed by atoms with E-state index in [1.54, 1.807) is 14.0 Å². The van der Waals surface area contributed by atoms with Crippen LogP contribution in [0, 0.1) is 0 Å². The highest BCUT2D eigenvalue weighted by Gasteiger charge is 2.26. The van der Waals surface area contributed by atoms with Crippen LogP contribution in [0.25, 0.3) is 0 Å². The average Bonchev–Trinajstić information content (AvgIpc) is 2.08. The van der Waals surface area contributed by atoms with Gasteiger partial charge in [-0.15, -0.1) is 0 Å². The second-order valence-corrected chi connectivity index (χ2v) is 4.46. The Balaban J connectivity index is 2.29. The third-order valence-electron chi connectivity index (χ3n) is 2.71. The number of nitrogens with one attached hydrogen (secondary N) is 1. The van der Waals surface area contributed by atoms with Crippen molar-refractivity contribution in [3.05, 3.63) is 0 Å². The van der Waals surface area contributed by atoms with Crippen LogP contribution in [0.3, 0.4) is 0 Å². The lowest BCUT2D eigenvalue weighted by Gasteiger charge is -2.33. The molecule has 0 aromatic rings. The maximum absolute atomic E-state index is 9.87. The van der Waals surface area contributed by atoms with E-state index in [1.165, 1.54) is 0 Å². The number of aliphatic hydroxyl groups is 1. The fraction of sp³-hybridized carbons (Fsp3) is 1.00. The number of rotatable bonds is 4. The molecule has 0 aromatic heterocycles. The van der Waals surface area contributed by atoms with E-state index in [0.29, 0.717) is 18.7 Å². The Morgan fingerprint density at radius 1 is 1.43 bits per heavy atom. The maximum atomic E-state index is 9.87. The Morgan fingerprint density at radius 3 is 2.50 bits per heavy atom. The van der Waals surface area contributed by atoms with Crippen molar-refractivity contribution in [2.45, 2.75) is 50.4 Å². The molecule has 1 rings (SSSR count). The monoisotopic (exact) mass is 202 g/mol. The summed E-state index contributed by atoms with van der Waals surface area (Å²) in [4.78, 5) is 0. The van der Waals surface area contributed by atoms with Crippen molar-refractivity contribution in [3.8, 4) is 0 Å². The summed E-state index contributed by atoms with van der Waals surface area (Å²) in [7, 11) is 1.59. The summed E-state index contributed by atoms with van der Waals surface area (Å²) < 4.78 is 4.93. The van der Waals surface area contributed by atoms with Crippen molar-refractivity contribution >= 4 is 0 Å². The molecule has 1 saturated carbocycles. The predicted molar refractivity (Wildman–Crippen MR) is 55.9 cm³/mol. The van der Waals surface area contributed by atoms with Gasteiger partial charge in [-0.25, -0.2) is 0 Å². The van der Waals surface area contributed by atoms with Crippen LogP contribution in [-0.2, 0) is 4.74 Å². The Morgan fingerprint density at radius 2 is 2.00 bits per heavy atom. The van der Waals surface area contributed by atoms with Gasteiger partial charge in [-0.3, -0.25) is 5.32 Å². The van der Waals surface area contributed by atoms with E-state index in [1.807, 2.05) is 0 Å². The molecule has 1 atom stereocenters. The topological polar surface area (TPSA) is 67.5 Å². The molecule has 0 radical (unpaired) electrons. The molecule has 0 saturated heterocycles. The standard InChI is InChI=1S/C10H22N2O2/c1-10(13,7-14-2)12-9-5-3-8(11)4-6-9/h8-9,12-13H,3-7,11H2,1-2H3. The van der Waals surface area contributed by atoms with E-state index in [0.717, 1.165) is 25.7 Å². The zero-order chi connectivity index (χ0) is 10.6. The van der Waals surface area contributed by atoms with Gasteiger partial charge in [-0.2, -0.15) is 0 Å². The smallest absolute Gasteiger partial charge is 0.136 e. The number of nitrogens with two attached hydrogens (primary N) is 1. The third-order valence-corrected chi connectivity index (χ3v) is 2.71. The van der Waals surface area contributed by atoms with Crippen molar-refractivity contribution in [3.63, 3.8) is 0 Å². The van der Waals surface area contributed by atoms with Crippen LogP contribution < -0.4 is 11.1 Å². The molecular formula is C10H22N2O2. The highest BCUT2D eigenvalue weighted by Crippen LogP contribution is 2.18. The minimum Gasteiger partial charge on any atom is -0.380 e. The molecule has 0 amide bonds. The van der Waals surface area contributed by atoms with Gasteiger partial charge in [0.2, 0.25) is 0 Å². The van der Waals surface area contributed by atoms with Gasteiger partial charge in [-0.1, -0.05) is 0 Å². The summed E-state index contributed by atoms with van der Waals surface area (Å²) >= 11 is 0. The zero-order valence-electron chi connectivity index (χ0n) is 9.12. The summed E-state index contributed by atoms with van der Waals surface area (Å²) in [6.07, 6.45) is 4.17. The summed E-state index contributed by atoms with van der Waals surface area (Å²) in [5.74, 6) is 0. The van der Waals surface area contributed by atoms with Crippen LogP contribution >= 0.6 is 0 Å². The van der Waals surface area contributed by atoms with Crippen LogP contribution in [0.5, 0.6) is 0 Å². The van der Waals surface area contributed by atoms with Gasteiger partial charge in [0.1, 0.15) is 5.72 Å². The highest BCUT2D eigenvalue weighted by molar-refractivity contribution is 4.83. The van der Waals surface area contributed by atoms with Crippen molar-refractivity contribution in [1.82, 2.24) is 5.32 Å². The molecule has 4 nitrogen and oxygen atoms in total. The molecule has 1 aliphatic rings. The summed E-state index contributed by atoms with van der Waals surface area (Å²) in [5, 5.41) is 13.1. The molecular weight excluding hydrogens is 180 g/mol. The number of methoxy groups -OCH3 is 1.